The van der Waals surface area contributed by atoms with Gasteiger partial charge in [-0.05, 0) is 25.5 Å². The minimum absolute atomic E-state index is 0.318. The van der Waals surface area contributed by atoms with Crippen LogP contribution in [0.1, 0.15) is 39.5 Å². The number of esters is 1. The Kier molecular flexibility index (Phi) is 6.93. The van der Waals surface area contributed by atoms with Crippen molar-refractivity contribution in [2.75, 3.05) is 11.9 Å². The molecule has 3 nitrogen and oxygen atoms in total. The van der Waals surface area contributed by atoms with Crippen LogP contribution in [0.2, 0.25) is 0 Å². The molecule has 1 aromatic carbocycles. The molecule has 0 saturated heterocycles. The Morgan fingerprint density at radius 2 is 2.05 bits per heavy atom. The Morgan fingerprint density at radius 1 is 1.32 bits per heavy atom. The normalized spacial score (nSPS) is 11.9. The second kappa shape index (κ2) is 8.51. The summed E-state index contributed by atoms with van der Waals surface area (Å²) in [6.45, 7) is 4.20. The van der Waals surface area contributed by atoms with Gasteiger partial charge in [0.1, 0.15) is 11.9 Å². The van der Waals surface area contributed by atoms with Gasteiger partial charge >= 0.3 is 5.97 Å². The third-order valence-electron chi connectivity index (χ3n) is 2.87. The van der Waals surface area contributed by atoms with Gasteiger partial charge in [-0.15, -0.1) is 0 Å². The van der Waals surface area contributed by atoms with Crippen LogP contribution < -0.4 is 5.32 Å². The number of anilines is 1. The average Bonchev–Trinajstić information content (AvgIpc) is 2.40. The smallest absolute Gasteiger partial charge is 0.328 e. The van der Waals surface area contributed by atoms with Crippen LogP contribution in [0, 0.1) is 5.82 Å². The van der Waals surface area contributed by atoms with E-state index in [1.165, 1.54) is 6.07 Å². The number of benzene rings is 1. The number of hydrogen-bond donors (Lipinski definition) is 1. The van der Waals surface area contributed by atoms with Crippen molar-refractivity contribution in [3.63, 3.8) is 0 Å². The zero-order valence-corrected chi connectivity index (χ0v) is 11.6. The fraction of sp³-hybridized carbons (Fsp3) is 0.533. The number of ether oxygens (including phenoxy) is 1. The molecular weight excluding hydrogens is 245 g/mol. The van der Waals surface area contributed by atoms with Crippen molar-refractivity contribution in [2.45, 2.75) is 45.6 Å². The molecule has 0 amide bonds. The highest BCUT2D eigenvalue weighted by molar-refractivity contribution is 5.79. The lowest BCUT2D eigenvalue weighted by Gasteiger charge is -2.18. The molecule has 0 fully saturated rings. The van der Waals surface area contributed by atoms with E-state index in [1.807, 2.05) is 0 Å². The monoisotopic (exact) mass is 267 g/mol. The van der Waals surface area contributed by atoms with E-state index in [0.717, 1.165) is 19.3 Å². The lowest BCUT2D eigenvalue weighted by molar-refractivity contribution is -0.144. The zero-order valence-electron chi connectivity index (χ0n) is 11.6. The molecule has 1 atom stereocenters. The lowest BCUT2D eigenvalue weighted by Crippen LogP contribution is -2.31. The summed E-state index contributed by atoms with van der Waals surface area (Å²) in [5, 5.41) is 2.94. The third-order valence-corrected chi connectivity index (χ3v) is 2.87. The van der Waals surface area contributed by atoms with Gasteiger partial charge in [0, 0.05) is 0 Å². The van der Waals surface area contributed by atoms with E-state index in [9.17, 15) is 9.18 Å². The van der Waals surface area contributed by atoms with Gasteiger partial charge in [0.05, 0.1) is 12.3 Å². The van der Waals surface area contributed by atoms with E-state index in [4.69, 9.17) is 4.74 Å². The van der Waals surface area contributed by atoms with E-state index in [1.54, 1.807) is 25.1 Å². The maximum Gasteiger partial charge on any atom is 0.328 e. The standard InChI is InChI=1S/C15H22FNO2/c1-3-5-6-11-14(15(18)19-4-2)17-13-10-8-7-9-12(13)16/h7-10,14,17H,3-6,11H2,1-2H3. The Hall–Kier alpha value is -1.58. The summed E-state index contributed by atoms with van der Waals surface area (Å²) in [5.41, 5.74) is 0.344. The van der Waals surface area contributed by atoms with Crippen LogP contribution in [-0.4, -0.2) is 18.6 Å². The molecule has 0 bridgehead atoms. The molecule has 4 heteroatoms. The average molecular weight is 267 g/mol. The van der Waals surface area contributed by atoms with Crippen LogP contribution >= 0.6 is 0 Å². The molecule has 1 N–H and O–H groups in total. The first-order valence-corrected chi connectivity index (χ1v) is 6.86. The SMILES string of the molecule is CCCCCC(Nc1ccccc1F)C(=O)OCC. The van der Waals surface area contributed by atoms with Gasteiger partial charge in [-0.3, -0.25) is 0 Å². The molecule has 0 saturated carbocycles. The Bertz CT molecular complexity index is 395. The van der Waals surface area contributed by atoms with Gasteiger partial charge in [0.15, 0.2) is 0 Å². The molecule has 0 radical (unpaired) electrons. The first kappa shape index (κ1) is 15.5. The largest absolute Gasteiger partial charge is 0.464 e. The molecule has 0 aliphatic heterocycles. The van der Waals surface area contributed by atoms with Crippen molar-refractivity contribution >= 4 is 11.7 Å². The zero-order chi connectivity index (χ0) is 14.1. The topological polar surface area (TPSA) is 38.3 Å². The molecule has 0 heterocycles. The van der Waals surface area contributed by atoms with Crippen molar-refractivity contribution in [1.29, 1.82) is 0 Å². The van der Waals surface area contributed by atoms with Crippen molar-refractivity contribution in [2.24, 2.45) is 0 Å². The summed E-state index contributed by atoms with van der Waals surface area (Å²) < 4.78 is 18.6. The molecule has 1 rings (SSSR count). The lowest BCUT2D eigenvalue weighted by atomic mass is 10.1. The second-order valence-corrected chi connectivity index (χ2v) is 4.42. The Labute approximate surface area is 114 Å². The van der Waals surface area contributed by atoms with Gasteiger partial charge in [-0.25, -0.2) is 9.18 Å². The van der Waals surface area contributed by atoms with Crippen molar-refractivity contribution in [3.8, 4) is 0 Å². The van der Waals surface area contributed by atoms with Gasteiger partial charge in [0.25, 0.3) is 0 Å². The third kappa shape index (κ3) is 5.28. The highest BCUT2D eigenvalue weighted by Gasteiger charge is 2.20. The van der Waals surface area contributed by atoms with E-state index in [2.05, 4.69) is 12.2 Å². The number of carbonyl (C=O) groups is 1. The number of para-hydroxylation sites is 1. The number of carbonyl (C=O) groups excluding carboxylic acids is 1. The number of hydrogen-bond acceptors (Lipinski definition) is 3. The van der Waals surface area contributed by atoms with E-state index in [-0.39, 0.29) is 11.8 Å². The van der Waals surface area contributed by atoms with Crippen LogP contribution in [-0.2, 0) is 9.53 Å². The molecule has 0 aliphatic rings. The van der Waals surface area contributed by atoms with Gasteiger partial charge < -0.3 is 10.1 Å². The second-order valence-electron chi connectivity index (χ2n) is 4.42. The number of rotatable bonds is 8. The summed E-state index contributed by atoms with van der Waals surface area (Å²) in [7, 11) is 0. The number of unbranched alkanes of at least 4 members (excludes halogenated alkanes) is 2. The maximum absolute atomic E-state index is 13.6. The summed E-state index contributed by atoms with van der Waals surface area (Å²) in [6, 6.07) is 5.87. The molecular formula is C15H22FNO2. The van der Waals surface area contributed by atoms with Crippen molar-refractivity contribution < 1.29 is 13.9 Å². The predicted molar refractivity (Wildman–Crippen MR) is 74.6 cm³/mol. The van der Waals surface area contributed by atoms with Crippen LogP contribution in [0.15, 0.2) is 24.3 Å². The quantitative estimate of drug-likeness (QED) is 0.576. The van der Waals surface area contributed by atoms with Crippen LogP contribution in [0.4, 0.5) is 10.1 Å². The van der Waals surface area contributed by atoms with E-state index < -0.39 is 6.04 Å². The highest BCUT2D eigenvalue weighted by atomic mass is 19.1. The first-order chi connectivity index (χ1) is 9.19. The van der Waals surface area contributed by atoms with Gasteiger partial charge in [-0.2, -0.15) is 0 Å². The molecule has 0 aliphatic carbocycles. The molecule has 0 aromatic heterocycles. The van der Waals surface area contributed by atoms with Crippen molar-refractivity contribution in [3.05, 3.63) is 30.1 Å². The highest BCUT2D eigenvalue weighted by Crippen LogP contribution is 2.17. The summed E-state index contributed by atoms with van der Waals surface area (Å²) >= 11 is 0. The summed E-state index contributed by atoms with van der Waals surface area (Å²) in [5.74, 6) is -0.672. The minimum Gasteiger partial charge on any atom is -0.464 e. The first-order valence-electron chi connectivity index (χ1n) is 6.86. The fourth-order valence-corrected chi connectivity index (χ4v) is 1.86. The molecule has 1 unspecified atom stereocenters. The van der Waals surface area contributed by atoms with Gasteiger partial charge in [-0.1, -0.05) is 38.3 Å². The van der Waals surface area contributed by atoms with Gasteiger partial charge in [0.2, 0.25) is 0 Å². The van der Waals surface area contributed by atoms with E-state index >= 15 is 0 Å². The van der Waals surface area contributed by atoms with Crippen molar-refractivity contribution in [1.82, 2.24) is 0 Å². The minimum atomic E-state index is -0.483. The summed E-state index contributed by atoms with van der Waals surface area (Å²) in [4.78, 5) is 11.8. The number of halogens is 1. The molecule has 1 aromatic rings. The summed E-state index contributed by atoms with van der Waals surface area (Å²) in [6.07, 6.45) is 3.70. The van der Waals surface area contributed by atoms with Crippen LogP contribution in [0.3, 0.4) is 0 Å². The van der Waals surface area contributed by atoms with E-state index in [0.29, 0.717) is 18.7 Å². The fourth-order valence-electron chi connectivity index (χ4n) is 1.86. The predicted octanol–water partition coefficient (Wildman–Crippen LogP) is 3.75. The molecule has 0 spiro atoms. The van der Waals surface area contributed by atoms with Crippen LogP contribution in [0.5, 0.6) is 0 Å². The maximum atomic E-state index is 13.6. The Morgan fingerprint density at radius 3 is 2.68 bits per heavy atom. The Balaban J connectivity index is 2.67. The van der Waals surface area contributed by atoms with Crippen LogP contribution in [0.25, 0.3) is 0 Å². The number of nitrogens with one attached hydrogen (secondary N) is 1. The molecule has 106 valence electrons. The molecule has 19 heavy (non-hydrogen) atoms.